The number of hydrogen-bond donors (Lipinski definition) is 0. The molecule has 0 N–H and O–H groups in total. The van der Waals surface area contributed by atoms with Gasteiger partial charge in [0.05, 0.1) is 15.2 Å². The monoisotopic (exact) mass is 439 g/mol. The van der Waals surface area contributed by atoms with Crippen LogP contribution in [0.5, 0.6) is 0 Å². The molecule has 0 amide bonds. The van der Waals surface area contributed by atoms with E-state index in [-0.39, 0.29) is 32.9 Å². The first kappa shape index (κ1) is 18.9. The molecule has 0 spiro atoms. The summed E-state index contributed by atoms with van der Waals surface area (Å²) < 4.78 is 51.4. The van der Waals surface area contributed by atoms with Crippen LogP contribution in [-0.4, -0.2) is 39.5 Å². The summed E-state index contributed by atoms with van der Waals surface area (Å²) >= 11 is 17.5. The third-order valence-corrected chi connectivity index (χ3v) is 8.81. The lowest BCUT2D eigenvalue weighted by Crippen LogP contribution is -2.56. The van der Waals surface area contributed by atoms with Crippen LogP contribution < -0.4 is 0 Å². The Bertz CT molecular complexity index is 1020. The van der Waals surface area contributed by atoms with Crippen LogP contribution in [0.2, 0.25) is 15.1 Å². The van der Waals surface area contributed by atoms with Crippen molar-refractivity contribution in [3.63, 3.8) is 0 Å². The van der Waals surface area contributed by atoms with Gasteiger partial charge >= 0.3 is 0 Å². The van der Waals surface area contributed by atoms with Gasteiger partial charge in [0.2, 0.25) is 10.0 Å². The summed E-state index contributed by atoms with van der Waals surface area (Å²) in [5, 5.41) is -0.129. The number of nitrogens with zero attached hydrogens (tertiary/aromatic N) is 1. The topological polar surface area (TPSA) is 71.5 Å². The van der Waals surface area contributed by atoms with E-state index in [1.807, 2.05) is 0 Å². The van der Waals surface area contributed by atoms with Gasteiger partial charge in [-0.25, -0.2) is 16.8 Å². The summed E-state index contributed by atoms with van der Waals surface area (Å²) in [6, 6.07) is 9.89. The van der Waals surface area contributed by atoms with Crippen molar-refractivity contribution in [1.29, 1.82) is 0 Å². The number of benzene rings is 2. The van der Waals surface area contributed by atoms with E-state index < -0.39 is 25.1 Å². The van der Waals surface area contributed by atoms with Gasteiger partial charge in [-0.05, 0) is 42.5 Å². The quantitative estimate of drug-likeness (QED) is 0.729. The molecular weight excluding hydrogens is 429 g/mol. The predicted octanol–water partition coefficient (Wildman–Crippen LogP) is 3.49. The molecule has 1 aliphatic rings. The standard InChI is InChI=1S/C15H12Cl3NO4S2/c16-10-1-4-12(5-2-10)24(20,21)13-8-19(9-13)25(22,23)15-7-11(17)3-6-14(15)18/h1-7,13H,8-9H2. The SMILES string of the molecule is O=S(=O)(c1ccc(Cl)cc1)C1CN(S(=O)(=O)c2cc(Cl)ccc2Cl)C1. The molecule has 0 aliphatic carbocycles. The van der Waals surface area contributed by atoms with E-state index in [4.69, 9.17) is 34.8 Å². The summed E-state index contributed by atoms with van der Waals surface area (Å²) in [5.41, 5.74) is 0. The number of halogens is 3. The first-order valence-corrected chi connectivity index (χ1v) is 11.2. The van der Waals surface area contributed by atoms with Gasteiger partial charge in [-0.3, -0.25) is 0 Å². The van der Waals surface area contributed by atoms with Gasteiger partial charge < -0.3 is 0 Å². The lowest BCUT2D eigenvalue weighted by molar-refractivity contribution is 0.309. The molecule has 1 fully saturated rings. The van der Waals surface area contributed by atoms with Crippen LogP contribution in [0.4, 0.5) is 0 Å². The molecule has 0 unspecified atom stereocenters. The Labute approximate surface area is 161 Å². The minimum Gasteiger partial charge on any atom is -0.223 e. The van der Waals surface area contributed by atoms with Crippen LogP contribution in [-0.2, 0) is 19.9 Å². The molecule has 3 rings (SSSR count). The lowest BCUT2D eigenvalue weighted by Gasteiger charge is -2.37. The second-order valence-electron chi connectivity index (χ2n) is 5.52. The van der Waals surface area contributed by atoms with Crippen molar-refractivity contribution in [3.05, 3.63) is 57.5 Å². The summed E-state index contributed by atoms with van der Waals surface area (Å²) in [4.78, 5) is -0.0243. The molecule has 1 aliphatic heterocycles. The number of sulfone groups is 1. The van der Waals surface area contributed by atoms with E-state index >= 15 is 0 Å². The zero-order valence-electron chi connectivity index (χ0n) is 12.6. The van der Waals surface area contributed by atoms with E-state index in [0.717, 1.165) is 4.31 Å². The molecular formula is C15H12Cl3NO4S2. The molecule has 134 valence electrons. The van der Waals surface area contributed by atoms with Gasteiger partial charge in [0, 0.05) is 23.1 Å². The Morgan fingerprint density at radius 3 is 2.00 bits per heavy atom. The molecule has 1 saturated heterocycles. The van der Waals surface area contributed by atoms with Gasteiger partial charge in [-0.1, -0.05) is 34.8 Å². The van der Waals surface area contributed by atoms with Crippen LogP contribution in [0.1, 0.15) is 0 Å². The van der Waals surface area contributed by atoms with Crippen LogP contribution >= 0.6 is 34.8 Å². The second kappa shape index (κ2) is 6.72. The largest absolute Gasteiger partial charge is 0.244 e. The Kier molecular flexibility index (Phi) is 5.09. The van der Waals surface area contributed by atoms with Crippen molar-refractivity contribution in [3.8, 4) is 0 Å². The van der Waals surface area contributed by atoms with Gasteiger partial charge in [-0.15, -0.1) is 0 Å². The molecule has 0 saturated carbocycles. The normalized spacial score (nSPS) is 16.6. The highest BCUT2D eigenvalue weighted by Crippen LogP contribution is 2.33. The Morgan fingerprint density at radius 1 is 0.840 bits per heavy atom. The van der Waals surface area contributed by atoms with Crippen LogP contribution in [0.25, 0.3) is 0 Å². The molecule has 0 atom stereocenters. The average Bonchev–Trinajstić information content (AvgIpc) is 2.48. The summed E-state index contributed by atoms with van der Waals surface area (Å²) in [6.45, 7) is -0.285. The highest BCUT2D eigenvalue weighted by molar-refractivity contribution is 7.92. The fraction of sp³-hybridized carbons (Fsp3) is 0.200. The molecule has 25 heavy (non-hydrogen) atoms. The van der Waals surface area contributed by atoms with E-state index in [2.05, 4.69) is 0 Å². The highest BCUT2D eigenvalue weighted by atomic mass is 35.5. The Morgan fingerprint density at radius 2 is 1.40 bits per heavy atom. The average molecular weight is 441 g/mol. The zero-order chi connectivity index (χ0) is 18.4. The first-order valence-electron chi connectivity index (χ1n) is 7.07. The zero-order valence-corrected chi connectivity index (χ0v) is 16.5. The first-order chi connectivity index (χ1) is 11.6. The van der Waals surface area contributed by atoms with Crippen molar-refractivity contribution in [2.75, 3.05) is 13.1 Å². The molecule has 5 nitrogen and oxygen atoms in total. The van der Waals surface area contributed by atoms with E-state index in [9.17, 15) is 16.8 Å². The van der Waals surface area contributed by atoms with Gasteiger partial charge in [0.25, 0.3) is 0 Å². The lowest BCUT2D eigenvalue weighted by atomic mass is 10.3. The fourth-order valence-corrected chi connectivity index (χ4v) is 6.66. The van der Waals surface area contributed by atoms with Crippen LogP contribution in [0, 0.1) is 0 Å². The minimum absolute atomic E-state index is 0.0356. The molecule has 0 aromatic heterocycles. The highest BCUT2D eigenvalue weighted by Gasteiger charge is 2.44. The number of hydrogen-bond acceptors (Lipinski definition) is 4. The van der Waals surface area contributed by atoms with Gasteiger partial charge in [0.1, 0.15) is 4.90 Å². The van der Waals surface area contributed by atoms with Gasteiger partial charge in [0.15, 0.2) is 9.84 Å². The summed E-state index contributed by atoms with van der Waals surface area (Å²) in [6.07, 6.45) is 0. The number of sulfonamides is 1. The van der Waals surface area contributed by atoms with E-state index in [1.54, 1.807) is 0 Å². The smallest absolute Gasteiger partial charge is 0.223 e. The molecule has 1 heterocycles. The molecule has 0 bridgehead atoms. The predicted molar refractivity (Wildman–Crippen MR) is 97.6 cm³/mol. The maximum absolute atomic E-state index is 12.6. The Balaban J connectivity index is 1.82. The maximum Gasteiger partial charge on any atom is 0.244 e. The minimum atomic E-state index is -3.91. The van der Waals surface area contributed by atoms with E-state index in [1.165, 1.54) is 42.5 Å². The van der Waals surface area contributed by atoms with Crippen molar-refractivity contribution < 1.29 is 16.8 Å². The maximum atomic E-state index is 12.6. The second-order valence-corrected chi connectivity index (χ2v) is 10.9. The van der Waals surface area contributed by atoms with Crippen molar-refractivity contribution in [1.82, 2.24) is 4.31 Å². The van der Waals surface area contributed by atoms with Crippen LogP contribution in [0.15, 0.2) is 52.3 Å². The summed E-state index contributed by atoms with van der Waals surface area (Å²) in [5.74, 6) is 0. The van der Waals surface area contributed by atoms with E-state index in [0.29, 0.717) is 5.02 Å². The van der Waals surface area contributed by atoms with Crippen molar-refractivity contribution in [2.45, 2.75) is 15.0 Å². The van der Waals surface area contributed by atoms with Crippen molar-refractivity contribution >= 4 is 54.7 Å². The molecule has 0 radical (unpaired) electrons. The number of rotatable bonds is 4. The molecule has 10 heteroatoms. The fourth-order valence-electron chi connectivity index (χ4n) is 2.42. The van der Waals surface area contributed by atoms with Crippen molar-refractivity contribution in [2.24, 2.45) is 0 Å². The summed E-state index contributed by atoms with van der Waals surface area (Å²) in [7, 11) is -7.54. The van der Waals surface area contributed by atoms with Gasteiger partial charge in [-0.2, -0.15) is 4.31 Å². The Hall–Kier alpha value is -0.830. The third kappa shape index (κ3) is 3.54. The molecule has 2 aromatic rings. The molecule has 2 aromatic carbocycles. The van der Waals surface area contributed by atoms with Crippen LogP contribution in [0.3, 0.4) is 0 Å². The third-order valence-electron chi connectivity index (χ3n) is 3.91.